The molecule has 2 aromatic rings. The Hall–Kier alpha value is -2.71. The van der Waals surface area contributed by atoms with Gasteiger partial charge in [-0.25, -0.2) is 8.42 Å². The molecule has 1 saturated heterocycles. The van der Waals surface area contributed by atoms with Gasteiger partial charge in [0.15, 0.2) is 9.84 Å². The number of aryl methyl sites for hydroxylation is 1. The predicted octanol–water partition coefficient (Wildman–Crippen LogP) is 1.70. The molecule has 8 heteroatoms. The van der Waals surface area contributed by atoms with E-state index in [1.807, 2.05) is 59.5 Å². The van der Waals surface area contributed by atoms with Gasteiger partial charge in [0.05, 0.1) is 18.1 Å². The van der Waals surface area contributed by atoms with Crippen molar-refractivity contribution in [3.63, 3.8) is 0 Å². The smallest absolute Gasteiger partial charge is 0.247 e. The lowest BCUT2D eigenvalue weighted by Gasteiger charge is -2.38. The van der Waals surface area contributed by atoms with E-state index in [2.05, 4.69) is 5.32 Å². The van der Waals surface area contributed by atoms with Crippen LogP contribution in [0.25, 0.3) is 0 Å². The number of hydrogen-bond donors (Lipinski definition) is 1. The third kappa shape index (κ3) is 4.55. The highest BCUT2D eigenvalue weighted by Crippen LogP contribution is 2.31. The van der Waals surface area contributed by atoms with E-state index >= 15 is 0 Å². The topological polar surface area (TPSA) is 86.8 Å². The maximum atomic E-state index is 13.3. The molecule has 1 N–H and O–H groups in total. The first-order valence-corrected chi connectivity index (χ1v) is 11.9. The molecule has 2 aliphatic rings. The molecule has 0 aromatic heterocycles. The van der Waals surface area contributed by atoms with Crippen LogP contribution in [0.1, 0.15) is 12.0 Å². The summed E-state index contributed by atoms with van der Waals surface area (Å²) in [6.45, 7) is 0.772. The molecule has 2 heterocycles. The molecular formula is C22H25N3O4S. The largest absolute Gasteiger partial charge is 0.324 e. The third-order valence-electron chi connectivity index (χ3n) is 5.66. The molecule has 4 rings (SSSR count). The minimum atomic E-state index is -3.01. The van der Waals surface area contributed by atoms with Gasteiger partial charge in [-0.1, -0.05) is 36.4 Å². The van der Waals surface area contributed by atoms with Crippen molar-refractivity contribution in [1.82, 2.24) is 4.90 Å². The second kappa shape index (κ2) is 8.57. The van der Waals surface area contributed by atoms with Gasteiger partial charge in [0, 0.05) is 24.5 Å². The molecule has 0 radical (unpaired) electrons. The van der Waals surface area contributed by atoms with Crippen LogP contribution in [-0.2, 0) is 25.8 Å². The molecule has 2 amide bonds. The van der Waals surface area contributed by atoms with Gasteiger partial charge in [0.1, 0.15) is 6.04 Å². The molecule has 2 aliphatic heterocycles. The first-order chi connectivity index (χ1) is 14.4. The maximum absolute atomic E-state index is 13.3. The number of carbonyl (C=O) groups excluding carboxylic acids is 2. The lowest BCUT2D eigenvalue weighted by atomic mass is 9.94. The summed E-state index contributed by atoms with van der Waals surface area (Å²) in [5.41, 5.74) is 2.48. The van der Waals surface area contributed by atoms with Crippen molar-refractivity contribution in [1.29, 1.82) is 0 Å². The molecule has 1 unspecified atom stereocenters. The summed E-state index contributed by atoms with van der Waals surface area (Å²) in [6, 6.07) is 16.2. The first kappa shape index (κ1) is 20.6. The second-order valence-electron chi connectivity index (χ2n) is 7.73. The van der Waals surface area contributed by atoms with Crippen molar-refractivity contribution < 1.29 is 18.0 Å². The molecule has 1 fully saturated rings. The Morgan fingerprint density at radius 1 is 0.967 bits per heavy atom. The summed E-state index contributed by atoms with van der Waals surface area (Å²) in [6.07, 6.45) is 1.25. The van der Waals surface area contributed by atoms with Crippen LogP contribution in [0.2, 0.25) is 0 Å². The van der Waals surface area contributed by atoms with Gasteiger partial charge < -0.3 is 5.32 Å². The summed E-state index contributed by atoms with van der Waals surface area (Å²) in [5.74, 6) is -0.274. The molecule has 0 saturated carbocycles. The molecule has 0 spiro atoms. The number of anilines is 2. The van der Waals surface area contributed by atoms with E-state index in [4.69, 9.17) is 0 Å². The van der Waals surface area contributed by atoms with E-state index in [-0.39, 0.29) is 29.9 Å². The van der Waals surface area contributed by atoms with Crippen molar-refractivity contribution in [2.75, 3.05) is 41.4 Å². The Morgan fingerprint density at radius 2 is 1.63 bits per heavy atom. The Kier molecular flexibility index (Phi) is 5.87. The Balaban J connectivity index is 1.55. The zero-order valence-electron chi connectivity index (χ0n) is 16.7. The van der Waals surface area contributed by atoms with Crippen LogP contribution >= 0.6 is 0 Å². The van der Waals surface area contributed by atoms with Crippen LogP contribution in [0.15, 0.2) is 54.6 Å². The normalized spacial score (nSPS) is 20.9. The number of sulfone groups is 1. The van der Waals surface area contributed by atoms with Gasteiger partial charge in [0.2, 0.25) is 11.8 Å². The monoisotopic (exact) mass is 427 g/mol. The predicted molar refractivity (Wildman–Crippen MR) is 116 cm³/mol. The SMILES string of the molecule is O=C(Nc1ccccc1)C1CCc2ccccc2N1C(=O)CN1CCS(=O)(=O)CC1. The van der Waals surface area contributed by atoms with Crippen LogP contribution in [0.4, 0.5) is 11.4 Å². The lowest BCUT2D eigenvalue weighted by molar-refractivity contribution is -0.124. The van der Waals surface area contributed by atoms with E-state index in [0.717, 1.165) is 17.7 Å². The highest BCUT2D eigenvalue weighted by Gasteiger charge is 2.36. The number of hydrogen-bond acceptors (Lipinski definition) is 5. The zero-order chi connectivity index (χ0) is 21.1. The molecule has 7 nitrogen and oxygen atoms in total. The highest BCUT2D eigenvalue weighted by atomic mass is 32.2. The number of fused-ring (bicyclic) bond motifs is 1. The van der Waals surface area contributed by atoms with Crippen LogP contribution in [0.3, 0.4) is 0 Å². The zero-order valence-corrected chi connectivity index (χ0v) is 17.5. The number of rotatable bonds is 4. The van der Waals surface area contributed by atoms with Crippen LogP contribution in [-0.4, -0.2) is 62.3 Å². The Morgan fingerprint density at radius 3 is 2.37 bits per heavy atom. The van der Waals surface area contributed by atoms with Crippen molar-refractivity contribution in [3.05, 3.63) is 60.2 Å². The highest BCUT2D eigenvalue weighted by molar-refractivity contribution is 7.91. The second-order valence-corrected chi connectivity index (χ2v) is 10.0. The molecule has 0 bridgehead atoms. The molecule has 1 atom stereocenters. The summed E-state index contributed by atoms with van der Waals surface area (Å²) < 4.78 is 23.4. The number of nitrogens with zero attached hydrogens (tertiary/aromatic N) is 2. The van der Waals surface area contributed by atoms with Gasteiger partial charge in [-0.2, -0.15) is 0 Å². The Labute approximate surface area is 176 Å². The van der Waals surface area contributed by atoms with Crippen LogP contribution in [0, 0.1) is 0 Å². The number of nitrogens with one attached hydrogen (secondary N) is 1. The molecule has 2 aromatic carbocycles. The molecule has 158 valence electrons. The molecule has 30 heavy (non-hydrogen) atoms. The van der Waals surface area contributed by atoms with E-state index in [1.54, 1.807) is 4.90 Å². The van der Waals surface area contributed by atoms with Gasteiger partial charge in [-0.05, 0) is 36.6 Å². The summed E-state index contributed by atoms with van der Waals surface area (Å²) in [5, 5.41) is 2.92. The van der Waals surface area contributed by atoms with E-state index in [1.165, 1.54) is 0 Å². The van der Waals surface area contributed by atoms with Gasteiger partial charge in [-0.3, -0.25) is 19.4 Å². The standard InChI is InChI=1S/C22H25N3O4S/c26-21(16-24-12-14-30(28,29)15-13-24)25-19-9-5-4-6-17(19)10-11-20(25)22(27)23-18-7-2-1-3-8-18/h1-9,20H,10-16H2,(H,23,27). The molecule has 0 aliphatic carbocycles. The third-order valence-corrected chi connectivity index (χ3v) is 7.27. The minimum Gasteiger partial charge on any atom is -0.324 e. The van der Waals surface area contributed by atoms with Crippen molar-refractivity contribution >= 4 is 33.0 Å². The van der Waals surface area contributed by atoms with E-state index in [9.17, 15) is 18.0 Å². The van der Waals surface area contributed by atoms with Crippen molar-refractivity contribution in [2.24, 2.45) is 0 Å². The number of carbonyl (C=O) groups is 2. The lowest BCUT2D eigenvalue weighted by Crippen LogP contribution is -2.54. The quantitative estimate of drug-likeness (QED) is 0.803. The fourth-order valence-electron chi connectivity index (χ4n) is 4.03. The fourth-order valence-corrected chi connectivity index (χ4v) is 5.30. The van der Waals surface area contributed by atoms with Crippen LogP contribution < -0.4 is 10.2 Å². The van der Waals surface area contributed by atoms with Gasteiger partial charge in [-0.15, -0.1) is 0 Å². The van der Waals surface area contributed by atoms with Gasteiger partial charge >= 0.3 is 0 Å². The fraction of sp³-hybridized carbons (Fsp3) is 0.364. The maximum Gasteiger partial charge on any atom is 0.247 e. The Bertz CT molecular complexity index is 1030. The van der Waals surface area contributed by atoms with E-state index < -0.39 is 15.9 Å². The number of benzene rings is 2. The average molecular weight is 428 g/mol. The van der Waals surface area contributed by atoms with Crippen molar-refractivity contribution in [2.45, 2.75) is 18.9 Å². The average Bonchev–Trinajstić information content (AvgIpc) is 2.75. The van der Waals surface area contributed by atoms with E-state index in [0.29, 0.717) is 25.2 Å². The number of amides is 2. The summed E-state index contributed by atoms with van der Waals surface area (Å²) in [7, 11) is -3.01. The minimum absolute atomic E-state index is 0.0643. The summed E-state index contributed by atoms with van der Waals surface area (Å²) >= 11 is 0. The molecular weight excluding hydrogens is 402 g/mol. The van der Waals surface area contributed by atoms with Gasteiger partial charge in [0.25, 0.3) is 0 Å². The summed E-state index contributed by atoms with van der Waals surface area (Å²) in [4.78, 5) is 29.8. The van der Waals surface area contributed by atoms with Crippen LogP contribution in [0.5, 0.6) is 0 Å². The number of para-hydroxylation sites is 2. The first-order valence-electron chi connectivity index (χ1n) is 10.1. The van der Waals surface area contributed by atoms with Crippen molar-refractivity contribution in [3.8, 4) is 0 Å².